The van der Waals surface area contributed by atoms with Crippen molar-refractivity contribution in [3.05, 3.63) is 93.6 Å². The van der Waals surface area contributed by atoms with Crippen molar-refractivity contribution in [2.45, 2.75) is 6.92 Å². The highest BCUT2D eigenvalue weighted by molar-refractivity contribution is 6.53. The molecule has 1 aliphatic heterocycles. The molecule has 1 heterocycles. The number of carbonyl (C=O) groups is 3. The van der Waals surface area contributed by atoms with E-state index in [4.69, 9.17) is 27.9 Å². The number of benzene rings is 3. The summed E-state index contributed by atoms with van der Waals surface area (Å²) in [5.74, 6) is -1.04. The van der Waals surface area contributed by atoms with Crippen LogP contribution in [0.15, 0.2) is 77.5 Å². The molecule has 0 spiro atoms. The predicted octanol–water partition coefficient (Wildman–Crippen LogP) is 5.35. The Balaban J connectivity index is 1.49. The molecule has 0 unspecified atom stereocenters. The van der Waals surface area contributed by atoms with Gasteiger partial charge < -0.3 is 15.4 Å². The highest BCUT2D eigenvalue weighted by Crippen LogP contribution is 2.32. The summed E-state index contributed by atoms with van der Waals surface area (Å²) in [6.45, 7) is 1.82. The van der Waals surface area contributed by atoms with Crippen molar-refractivity contribution >= 4 is 58.0 Å². The standard InChI is InChI=1S/C25H19Cl2N3O4/c1-14-7-12-17(13-18(14)26)30-24(32)21(27)22(25(30)33)28-16-10-8-15(9-11-16)23(31)29-19-5-3-4-6-20(19)34-2/h3-13,28H,1-2H3,(H,29,31). The van der Waals surface area contributed by atoms with Gasteiger partial charge in [0.05, 0.1) is 18.5 Å². The first-order valence-corrected chi connectivity index (χ1v) is 10.9. The smallest absolute Gasteiger partial charge is 0.283 e. The molecule has 0 aliphatic carbocycles. The van der Waals surface area contributed by atoms with Gasteiger partial charge in [0, 0.05) is 16.3 Å². The maximum atomic E-state index is 12.9. The summed E-state index contributed by atoms with van der Waals surface area (Å²) in [4.78, 5) is 39.2. The average Bonchev–Trinajstić information content (AvgIpc) is 3.04. The zero-order valence-electron chi connectivity index (χ0n) is 18.2. The molecule has 3 aromatic rings. The number of imide groups is 1. The van der Waals surface area contributed by atoms with Crippen molar-refractivity contribution in [3.63, 3.8) is 0 Å². The molecule has 0 atom stereocenters. The first kappa shape index (κ1) is 23.4. The van der Waals surface area contributed by atoms with Crippen molar-refractivity contribution in [2.24, 2.45) is 0 Å². The lowest BCUT2D eigenvalue weighted by Crippen LogP contribution is -2.32. The van der Waals surface area contributed by atoms with Crippen LogP contribution in [0.4, 0.5) is 17.1 Å². The third-order valence-electron chi connectivity index (χ3n) is 5.21. The number of aryl methyl sites for hydroxylation is 1. The molecule has 0 saturated heterocycles. The molecule has 34 heavy (non-hydrogen) atoms. The van der Waals surface area contributed by atoms with E-state index < -0.39 is 11.8 Å². The van der Waals surface area contributed by atoms with Gasteiger partial charge in [0.1, 0.15) is 16.5 Å². The summed E-state index contributed by atoms with van der Waals surface area (Å²) in [5.41, 5.74) is 2.49. The van der Waals surface area contributed by atoms with Gasteiger partial charge in [0.25, 0.3) is 17.7 Å². The van der Waals surface area contributed by atoms with Crippen LogP contribution in [0.1, 0.15) is 15.9 Å². The fraction of sp³-hybridized carbons (Fsp3) is 0.0800. The topological polar surface area (TPSA) is 87.7 Å². The quantitative estimate of drug-likeness (QED) is 0.450. The fourth-order valence-electron chi connectivity index (χ4n) is 3.36. The predicted molar refractivity (Wildman–Crippen MR) is 133 cm³/mol. The van der Waals surface area contributed by atoms with Gasteiger partial charge in [-0.25, -0.2) is 4.90 Å². The Morgan fingerprint density at radius 1 is 0.941 bits per heavy atom. The molecule has 4 rings (SSSR count). The summed E-state index contributed by atoms with van der Waals surface area (Å²) in [6.07, 6.45) is 0. The minimum atomic E-state index is -0.651. The molecule has 0 radical (unpaired) electrons. The number of rotatable bonds is 6. The van der Waals surface area contributed by atoms with Crippen molar-refractivity contribution in [3.8, 4) is 5.75 Å². The zero-order chi connectivity index (χ0) is 24.4. The summed E-state index contributed by atoms with van der Waals surface area (Å²) >= 11 is 12.3. The summed E-state index contributed by atoms with van der Waals surface area (Å²) in [7, 11) is 1.52. The van der Waals surface area contributed by atoms with E-state index in [9.17, 15) is 14.4 Å². The zero-order valence-corrected chi connectivity index (χ0v) is 19.7. The number of ether oxygens (including phenoxy) is 1. The molecule has 7 nitrogen and oxygen atoms in total. The van der Waals surface area contributed by atoms with Crippen LogP contribution in [-0.2, 0) is 9.59 Å². The van der Waals surface area contributed by atoms with E-state index >= 15 is 0 Å². The van der Waals surface area contributed by atoms with Gasteiger partial charge in [-0.2, -0.15) is 0 Å². The van der Waals surface area contributed by atoms with E-state index in [1.165, 1.54) is 13.2 Å². The molecule has 0 saturated carbocycles. The molecular formula is C25H19Cl2N3O4. The number of nitrogens with one attached hydrogen (secondary N) is 2. The lowest BCUT2D eigenvalue weighted by atomic mass is 10.1. The van der Waals surface area contributed by atoms with Crippen LogP contribution in [-0.4, -0.2) is 24.8 Å². The van der Waals surface area contributed by atoms with Gasteiger partial charge >= 0.3 is 0 Å². The molecular weight excluding hydrogens is 477 g/mol. The number of methoxy groups -OCH3 is 1. The Morgan fingerprint density at radius 2 is 1.65 bits per heavy atom. The second-order valence-electron chi connectivity index (χ2n) is 7.42. The van der Waals surface area contributed by atoms with Crippen LogP contribution < -0.4 is 20.3 Å². The van der Waals surface area contributed by atoms with Crippen molar-refractivity contribution in [1.29, 1.82) is 0 Å². The Morgan fingerprint density at radius 3 is 2.32 bits per heavy atom. The molecule has 0 bridgehead atoms. The van der Waals surface area contributed by atoms with E-state index in [-0.39, 0.29) is 16.6 Å². The van der Waals surface area contributed by atoms with Gasteiger partial charge in [0.2, 0.25) is 0 Å². The SMILES string of the molecule is COc1ccccc1NC(=O)c1ccc(NC2=C(Cl)C(=O)N(c3ccc(C)c(Cl)c3)C2=O)cc1. The van der Waals surface area contributed by atoms with Gasteiger partial charge in [0.15, 0.2) is 0 Å². The normalized spacial score (nSPS) is 13.4. The van der Waals surface area contributed by atoms with E-state index in [2.05, 4.69) is 10.6 Å². The molecule has 9 heteroatoms. The van der Waals surface area contributed by atoms with Crippen molar-refractivity contribution in [2.75, 3.05) is 22.6 Å². The Labute approximate surface area is 205 Å². The van der Waals surface area contributed by atoms with Crippen LogP contribution in [0.5, 0.6) is 5.75 Å². The Kier molecular flexibility index (Phi) is 6.58. The maximum Gasteiger partial charge on any atom is 0.283 e. The summed E-state index contributed by atoms with van der Waals surface area (Å²) < 4.78 is 5.24. The number of amides is 3. The van der Waals surface area contributed by atoms with Crippen LogP contribution in [0.2, 0.25) is 5.02 Å². The Bertz CT molecular complexity index is 1340. The maximum absolute atomic E-state index is 12.9. The number of carbonyl (C=O) groups excluding carboxylic acids is 3. The number of hydrogen-bond donors (Lipinski definition) is 2. The van der Waals surface area contributed by atoms with E-state index in [0.717, 1.165) is 10.5 Å². The van der Waals surface area contributed by atoms with Crippen LogP contribution >= 0.6 is 23.2 Å². The van der Waals surface area contributed by atoms with E-state index in [1.807, 2.05) is 6.92 Å². The van der Waals surface area contributed by atoms with Crippen molar-refractivity contribution < 1.29 is 19.1 Å². The van der Waals surface area contributed by atoms with Gasteiger partial charge in [-0.15, -0.1) is 0 Å². The third kappa shape index (κ3) is 4.48. The molecule has 2 N–H and O–H groups in total. The minimum Gasteiger partial charge on any atom is -0.495 e. The van der Waals surface area contributed by atoms with Crippen LogP contribution in [0.3, 0.4) is 0 Å². The molecule has 3 amide bonds. The summed E-state index contributed by atoms with van der Waals surface area (Å²) in [6, 6.07) is 18.3. The Hall–Kier alpha value is -3.81. The van der Waals surface area contributed by atoms with E-state index in [0.29, 0.717) is 33.4 Å². The lowest BCUT2D eigenvalue weighted by molar-refractivity contribution is -0.120. The first-order valence-electron chi connectivity index (χ1n) is 10.2. The second-order valence-corrected chi connectivity index (χ2v) is 8.21. The van der Waals surface area contributed by atoms with Crippen LogP contribution in [0, 0.1) is 6.92 Å². The average molecular weight is 496 g/mol. The molecule has 0 aromatic heterocycles. The van der Waals surface area contributed by atoms with Crippen LogP contribution in [0.25, 0.3) is 0 Å². The monoisotopic (exact) mass is 495 g/mol. The molecule has 0 fully saturated rings. The third-order valence-corrected chi connectivity index (χ3v) is 5.97. The largest absolute Gasteiger partial charge is 0.495 e. The molecule has 172 valence electrons. The van der Waals surface area contributed by atoms with Gasteiger partial charge in [-0.3, -0.25) is 14.4 Å². The number of halogens is 2. The number of nitrogens with zero attached hydrogens (tertiary/aromatic N) is 1. The molecule has 1 aliphatic rings. The first-order chi connectivity index (χ1) is 16.3. The minimum absolute atomic E-state index is 0.0606. The second kappa shape index (κ2) is 9.59. The fourth-order valence-corrected chi connectivity index (χ4v) is 3.75. The number of para-hydroxylation sites is 2. The van der Waals surface area contributed by atoms with Crippen molar-refractivity contribution in [1.82, 2.24) is 0 Å². The van der Waals surface area contributed by atoms with Gasteiger partial charge in [-0.1, -0.05) is 41.4 Å². The number of anilines is 3. The number of hydrogen-bond acceptors (Lipinski definition) is 5. The van der Waals surface area contributed by atoms with Gasteiger partial charge in [-0.05, 0) is 61.0 Å². The highest BCUT2D eigenvalue weighted by atomic mass is 35.5. The summed E-state index contributed by atoms with van der Waals surface area (Å²) in [5, 5.41) is 5.87. The lowest BCUT2D eigenvalue weighted by Gasteiger charge is -2.16. The highest BCUT2D eigenvalue weighted by Gasteiger charge is 2.39. The van der Waals surface area contributed by atoms with E-state index in [1.54, 1.807) is 60.7 Å². The molecule has 3 aromatic carbocycles.